The third kappa shape index (κ3) is 2.89. The van der Waals surface area contributed by atoms with Crippen LogP contribution in [0.25, 0.3) is 5.69 Å². The van der Waals surface area contributed by atoms with Gasteiger partial charge < -0.3 is 10.0 Å². The van der Waals surface area contributed by atoms with E-state index < -0.39 is 12.0 Å². The lowest BCUT2D eigenvalue weighted by Gasteiger charge is -2.26. The summed E-state index contributed by atoms with van der Waals surface area (Å²) >= 11 is 0. The molecule has 3 rings (SSSR count). The Labute approximate surface area is 138 Å². The predicted octanol–water partition coefficient (Wildman–Crippen LogP) is 2.40. The average molecular weight is 331 g/mol. The lowest BCUT2D eigenvalue weighted by molar-refractivity contribution is -0.141. The zero-order chi connectivity index (χ0) is 17.4. The van der Waals surface area contributed by atoms with Crippen LogP contribution in [0.1, 0.15) is 35.8 Å². The van der Waals surface area contributed by atoms with Crippen molar-refractivity contribution in [2.45, 2.75) is 38.8 Å². The number of hydrogen-bond acceptors (Lipinski definition) is 3. The summed E-state index contributed by atoms with van der Waals surface area (Å²) in [5, 5.41) is 13.5. The second-order valence-corrected chi connectivity index (χ2v) is 5.99. The Morgan fingerprint density at radius 3 is 2.50 bits per heavy atom. The zero-order valence-electron chi connectivity index (χ0n) is 13.4. The van der Waals surface area contributed by atoms with Crippen LogP contribution in [0.4, 0.5) is 4.39 Å². The average Bonchev–Trinajstić information content (AvgIpc) is 3.30. The van der Waals surface area contributed by atoms with Gasteiger partial charge in [0.15, 0.2) is 0 Å². The Balaban J connectivity index is 1.93. The minimum absolute atomic E-state index is 0.0304. The Morgan fingerprint density at radius 1 is 1.33 bits per heavy atom. The SMILES string of the molecule is Cc1c(C(=O)N(C2CC2)C(C)C(=O)O)cnn1-c1ccc(F)cc1. The van der Waals surface area contributed by atoms with Crippen LogP contribution in [0.3, 0.4) is 0 Å². The highest BCUT2D eigenvalue weighted by molar-refractivity contribution is 5.97. The van der Waals surface area contributed by atoms with Gasteiger partial charge in [0.2, 0.25) is 0 Å². The molecule has 2 aromatic rings. The number of rotatable bonds is 5. The normalized spacial score (nSPS) is 15.1. The van der Waals surface area contributed by atoms with Crippen LogP contribution in [0.15, 0.2) is 30.5 Å². The van der Waals surface area contributed by atoms with Gasteiger partial charge in [-0.3, -0.25) is 4.79 Å². The van der Waals surface area contributed by atoms with Gasteiger partial charge in [-0.1, -0.05) is 0 Å². The number of nitrogens with zero attached hydrogens (tertiary/aromatic N) is 3. The highest BCUT2D eigenvalue weighted by atomic mass is 19.1. The maximum Gasteiger partial charge on any atom is 0.326 e. The molecule has 126 valence electrons. The molecule has 0 saturated heterocycles. The molecule has 0 bridgehead atoms. The monoisotopic (exact) mass is 331 g/mol. The molecule has 24 heavy (non-hydrogen) atoms. The predicted molar refractivity (Wildman–Crippen MR) is 84.5 cm³/mol. The van der Waals surface area contributed by atoms with Gasteiger partial charge in [0.05, 0.1) is 23.1 Å². The number of carbonyl (C=O) groups excluding carboxylic acids is 1. The van der Waals surface area contributed by atoms with Crippen molar-refractivity contribution in [2.75, 3.05) is 0 Å². The molecule has 1 aliphatic rings. The minimum atomic E-state index is -1.03. The fraction of sp³-hybridized carbons (Fsp3) is 0.353. The van der Waals surface area contributed by atoms with E-state index >= 15 is 0 Å². The number of aromatic nitrogens is 2. The van der Waals surface area contributed by atoms with E-state index in [1.165, 1.54) is 30.2 Å². The first-order chi connectivity index (χ1) is 11.4. The number of hydrogen-bond donors (Lipinski definition) is 1. The van der Waals surface area contributed by atoms with E-state index in [4.69, 9.17) is 0 Å². The van der Waals surface area contributed by atoms with Crippen molar-refractivity contribution in [3.63, 3.8) is 0 Å². The summed E-state index contributed by atoms with van der Waals surface area (Å²) < 4.78 is 14.6. The van der Waals surface area contributed by atoms with E-state index in [9.17, 15) is 19.1 Å². The van der Waals surface area contributed by atoms with Crippen LogP contribution in [0, 0.1) is 12.7 Å². The van der Waals surface area contributed by atoms with Crippen LogP contribution in [0.5, 0.6) is 0 Å². The summed E-state index contributed by atoms with van der Waals surface area (Å²) in [6, 6.07) is 4.86. The molecular weight excluding hydrogens is 313 g/mol. The third-order valence-corrected chi connectivity index (χ3v) is 4.26. The van der Waals surface area contributed by atoms with E-state index in [0.717, 1.165) is 12.8 Å². The maximum absolute atomic E-state index is 13.1. The summed E-state index contributed by atoms with van der Waals surface area (Å²) in [7, 11) is 0. The van der Waals surface area contributed by atoms with Crippen LogP contribution in [0.2, 0.25) is 0 Å². The Morgan fingerprint density at radius 2 is 1.96 bits per heavy atom. The Hall–Kier alpha value is -2.70. The van der Waals surface area contributed by atoms with Crippen molar-refractivity contribution in [3.8, 4) is 5.69 Å². The maximum atomic E-state index is 13.1. The summed E-state index contributed by atoms with van der Waals surface area (Å²) in [5.74, 6) is -1.72. The number of carboxylic acid groups (broad SMARTS) is 1. The second-order valence-electron chi connectivity index (χ2n) is 5.99. The van der Waals surface area contributed by atoms with E-state index in [0.29, 0.717) is 16.9 Å². The molecule has 7 heteroatoms. The van der Waals surface area contributed by atoms with Crippen molar-refractivity contribution in [1.82, 2.24) is 14.7 Å². The molecule has 1 aliphatic carbocycles. The smallest absolute Gasteiger partial charge is 0.326 e. The van der Waals surface area contributed by atoms with Gasteiger partial charge in [-0.2, -0.15) is 5.10 Å². The molecule has 1 N–H and O–H groups in total. The fourth-order valence-corrected chi connectivity index (χ4v) is 2.73. The lowest BCUT2D eigenvalue weighted by atomic mass is 10.1. The number of carboxylic acids is 1. The fourth-order valence-electron chi connectivity index (χ4n) is 2.73. The molecule has 1 aromatic carbocycles. The van der Waals surface area contributed by atoms with Gasteiger partial charge in [0.1, 0.15) is 11.9 Å². The lowest BCUT2D eigenvalue weighted by Crippen LogP contribution is -2.44. The Kier molecular flexibility index (Phi) is 4.09. The quantitative estimate of drug-likeness (QED) is 0.913. The molecule has 0 spiro atoms. The first-order valence-electron chi connectivity index (χ1n) is 7.76. The second kappa shape index (κ2) is 6.07. The summed E-state index contributed by atoms with van der Waals surface area (Å²) in [6.07, 6.45) is 3.06. The molecule has 1 aromatic heterocycles. The largest absolute Gasteiger partial charge is 0.480 e. The molecule has 1 atom stereocenters. The topological polar surface area (TPSA) is 75.4 Å². The summed E-state index contributed by atoms with van der Waals surface area (Å²) in [4.78, 5) is 25.6. The number of amides is 1. The van der Waals surface area contributed by atoms with Crippen LogP contribution < -0.4 is 0 Å². The van der Waals surface area contributed by atoms with Gasteiger partial charge >= 0.3 is 5.97 Å². The van der Waals surface area contributed by atoms with Gasteiger partial charge in [-0.15, -0.1) is 0 Å². The summed E-state index contributed by atoms with van der Waals surface area (Å²) in [6.45, 7) is 3.25. The number of halogens is 1. The standard InChI is InChI=1S/C17H18FN3O3/c1-10-15(9-19-21(10)14-5-3-12(18)4-6-14)16(22)20(13-7-8-13)11(2)17(23)24/h3-6,9,11,13H,7-8H2,1-2H3,(H,23,24). The van der Waals surface area contributed by atoms with Crippen LogP contribution in [-0.4, -0.2) is 43.7 Å². The number of carbonyl (C=O) groups is 2. The van der Waals surface area contributed by atoms with Crippen molar-refractivity contribution >= 4 is 11.9 Å². The van der Waals surface area contributed by atoms with Crippen molar-refractivity contribution in [1.29, 1.82) is 0 Å². The van der Waals surface area contributed by atoms with Gasteiger partial charge in [-0.25, -0.2) is 13.9 Å². The number of aliphatic carboxylic acids is 1. The van der Waals surface area contributed by atoms with Gasteiger partial charge in [-0.05, 0) is 51.0 Å². The molecule has 1 saturated carbocycles. The summed E-state index contributed by atoms with van der Waals surface area (Å²) in [5.41, 5.74) is 1.59. The molecular formula is C17H18FN3O3. The van der Waals surface area contributed by atoms with E-state index in [1.54, 1.807) is 23.7 Å². The Bertz CT molecular complexity index is 781. The van der Waals surface area contributed by atoms with E-state index in [1.807, 2.05) is 0 Å². The first-order valence-corrected chi connectivity index (χ1v) is 7.76. The molecule has 1 unspecified atom stereocenters. The van der Waals surface area contributed by atoms with Crippen LogP contribution >= 0.6 is 0 Å². The molecule has 0 radical (unpaired) electrons. The molecule has 1 fully saturated rings. The van der Waals surface area contributed by atoms with Crippen molar-refractivity contribution in [3.05, 3.63) is 47.5 Å². The highest BCUT2D eigenvalue weighted by Crippen LogP contribution is 2.31. The molecule has 0 aliphatic heterocycles. The number of benzene rings is 1. The van der Waals surface area contributed by atoms with Gasteiger partial charge in [0.25, 0.3) is 5.91 Å². The molecule has 6 nitrogen and oxygen atoms in total. The molecule has 1 amide bonds. The molecule has 1 heterocycles. The van der Waals surface area contributed by atoms with Crippen molar-refractivity contribution in [2.24, 2.45) is 0 Å². The van der Waals surface area contributed by atoms with E-state index in [2.05, 4.69) is 5.10 Å². The third-order valence-electron chi connectivity index (χ3n) is 4.26. The first kappa shape index (κ1) is 16.2. The van der Waals surface area contributed by atoms with Crippen LogP contribution in [-0.2, 0) is 4.79 Å². The van der Waals surface area contributed by atoms with Crippen molar-refractivity contribution < 1.29 is 19.1 Å². The van der Waals surface area contributed by atoms with E-state index in [-0.39, 0.29) is 17.8 Å². The van der Waals surface area contributed by atoms with Gasteiger partial charge in [0, 0.05) is 6.04 Å². The zero-order valence-corrected chi connectivity index (χ0v) is 13.4. The highest BCUT2D eigenvalue weighted by Gasteiger charge is 2.39. The minimum Gasteiger partial charge on any atom is -0.480 e.